The van der Waals surface area contributed by atoms with E-state index in [0.29, 0.717) is 0 Å². The summed E-state index contributed by atoms with van der Waals surface area (Å²) in [4.78, 5) is 20.8. The molecule has 0 radical (unpaired) electrons. The molecule has 1 aromatic carbocycles. The van der Waals surface area contributed by atoms with Gasteiger partial charge in [0, 0.05) is 12.6 Å². The van der Waals surface area contributed by atoms with E-state index in [-0.39, 0.29) is 23.5 Å². The van der Waals surface area contributed by atoms with Crippen LogP contribution < -0.4 is 5.32 Å². The summed E-state index contributed by atoms with van der Waals surface area (Å²) >= 11 is 0. The van der Waals surface area contributed by atoms with E-state index in [1.165, 1.54) is 19.1 Å². The van der Waals surface area contributed by atoms with Crippen molar-refractivity contribution in [2.45, 2.75) is 6.92 Å². The zero-order chi connectivity index (χ0) is 13.7. The third kappa shape index (κ3) is 3.18. The number of hydrogen-bond acceptors (Lipinski definition) is 5. The van der Waals surface area contributed by atoms with E-state index in [1.54, 1.807) is 6.07 Å². The van der Waals surface area contributed by atoms with Crippen molar-refractivity contribution in [1.82, 2.24) is 0 Å². The van der Waals surface area contributed by atoms with Crippen molar-refractivity contribution in [1.29, 1.82) is 5.26 Å². The Morgan fingerprint density at radius 3 is 2.83 bits per heavy atom. The minimum atomic E-state index is -0.987. The van der Waals surface area contributed by atoms with Gasteiger partial charge in [-0.3, -0.25) is 14.9 Å². The number of nitrogens with zero attached hydrogens (tertiary/aromatic N) is 2. The van der Waals surface area contributed by atoms with E-state index in [4.69, 9.17) is 10.4 Å². The highest BCUT2D eigenvalue weighted by Gasteiger charge is 2.17. The Hall–Kier alpha value is -2.62. The second-order valence-electron chi connectivity index (χ2n) is 3.72. The number of benzene rings is 1. The summed E-state index contributed by atoms with van der Waals surface area (Å²) in [5, 5.41) is 30.9. The quantitative estimate of drug-likeness (QED) is 0.604. The molecular formula is C11H11N3O4. The molecule has 94 valence electrons. The molecule has 0 saturated heterocycles. The number of aliphatic carboxylic acids is 1. The Labute approximate surface area is 103 Å². The molecule has 1 unspecified atom stereocenters. The van der Waals surface area contributed by atoms with E-state index in [1.807, 2.05) is 0 Å². The summed E-state index contributed by atoms with van der Waals surface area (Å²) in [5.74, 6) is -1.65. The largest absolute Gasteiger partial charge is 0.481 e. The summed E-state index contributed by atoms with van der Waals surface area (Å²) in [6.45, 7) is 1.56. The Morgan fingerprint density at radius 1 is 1.67 bits per heavy atom. The Bertz CT molecular complexity index is 522. The maximum absolute atomic E-state index is 10.8. The van der Waals surface area contributed by atoms with Gasteiger partial charge in [-0.05, 0) is 12.1 Å². The number of nitro groups is 1. The Kier molecular flexibility index (Phi) is 4.21. The normalized spacial score (nSPS) is 11.3. The van der Waals surface area contributed by atoms with Gasteiger partial charge in [0.15, 0.2) is 0 Å². The van der Waals surface area contributed by atoms with E-state index in [2.05, 4.69) is 5.32 Å². The lowest BCUT2D eigenvalue weighted by molar-refractivity contribution is -0.384. The number of carboxylic acids is 1. The lowest BCUT2D eigenvalue weighted by Gasteiger charge is -2.09. The number of nitro benzene ring substituents is 1. The van der Waals surface area contributed by atoms with Crippen LogP contribution in [-0.4, -0.2) is 22.5 Å². The van der Waals surface area contributed by atoms with Crippen molar-refractivity contribution >= 4 is 17.3 Å². The predicted molar refractivity (Wildman–Crippen MR) is 63.1 cm³/mol. The number of anilines is 1. The number of carbonyl (C=O) groups is 1. The van der Waals surface area contributed by atoms with Gasteiger partial charge < -0.3 is 10.4 Å². The zero-order valence-electron chi connectivity index (χ0n) is 9.58. The van der Waals surface area contributed by atoms with Crippen LogP contribution in [0.1, 0.15) is 12.5 Å². The standard InChI is InChI=1S/C11H11N3O4/c1-7(11(15)16)6-13-9-3-2-8(5-12)4-10(9)14(17)18/h2-4,7,13H,6H2,1H3,(H,15,16). The lowest BCUT2D eigenvalue weighted by atomic mass is 10.1. The first-order valence-electron chi connectivity index (χ1n) is 5.11. The van der Waals surface area contributed by atoms with Gasteiger partial charge in [-0.15, -0.1) is 0 Å². The van der Waals surface area contributed by atoms with Crippen molar-refractivity contribution in [2.75, 3.05) is 11.9 Å². The molecule has 0 spiro atoms. The minimum absolute atomic E-state index is 0.0715. The van der Waals surface area contributed by atoms with Crippen LogP contribution in [-0.2, 0) is 4.79 Å². The average Bonchev–Trinajstić information content (AvgIpc) is 2.35. The van der Waals surface area contributed by atoms with Gasteiger partial charge in [0.2, 0.25) is 0 Å². The third-order valence-electron chi connectivity index (χ3n) is 2.34. The molecule has 0 aliphatic heterocycles. The van der Waals surface area contributed by atoms with Crippen molar-refractivity contribution in [3.63, 3.8) is 0 Å². The number of nitriles is 1. The van der Waals surface area contributed by atoms with Crippen LogP contribution >= 0.6 is 0 Å². The third-order valence-corrected chi connectivity index (χ3v) is 2.34. The van der Waals surface area contributed by atoms with Crippen molar-refractivity contribution in [3.05, 3.63) is 33.9 Å². The van der Waals surface area contributed by atoms with Crippen molar-refractivity contribution in [2.24, 2.45) is 5.92 Å². The smallest absolute Gasteiger partial charge is 0.308 e. The molecule has 0 aliphatic rings. The number of nitrogens with one attached hydrogen (secondary N) is 1. The highest BCUT2D eigenvalue weighted by molar-refractivity contribution is 5.71. The molecule has 0 fully saturated rings. The molecule has 2 N–H and O–H groups in total. The van der Waals surface area contributed by atoms with E-state index < -0.39 is 16.8 Å². The van der Waals surface area contributed by atoms with Gasteiger partial charge in [-0.25, -0.2) is 0 Å². The van der Waals surface area contributed by atoms with E-state index in [9.17, 15) is 14.9 Å². The van der Waals surface area contributed by atoms with Crippen molar-refractivity contribution < 1.29 is 14.8 Å². The number of rotatable bonds is 5. The van der Waals surface area contributed by atoms with E-state index in [0.717, 1.165) is 6.07 Å². The second-order valence-corrected chi connectivity index (χ2v) is 3.72. The fraction of sp³-hybridized carbons (Fsp3) is 0.273. The molecule has 0 aliphatic carbocycles. The highest BCUT2D eigenvalue weighted by Crippen LogP contribution is 2.25. The van der Waals surface area contributed by atoms with Gasteiger partial charge in [0.1, 0.15) is 5.69 Å². The first-order chi connectivity index (χ1) is 8.45. The predicted octanol–water partition coefficient (Wildman–Crippen LogP) is 1.60. The van der Waals surface area contributed by atoms with Gasteiger partial charge in [-0.1, -0.05) is 6.92 Å². The van der Waals surface area contributed by atoms with Gasteiger partial charge in [-0.2, -0.15) is 5.26 Å². The summed E-state index contributed by atoms with van der Waals surface area (Å²) in [6.07, 6.45) is 0. The van der Waals surface area contributed by atoms with Gasteiger partial charge >= 0.3 is 5.97 Å². The molecule has 7 nitrogen and oxygen atoms in total. The topological polar surface area (TPSA) is 116 Å². The molecule has 0 heterocycles. The molecule has 1 rings (SSSR count). The van der Waals surface area contributed by atoms with Crippen LogP contribution in [0.15, 0.2) is 18.2 Å². The first kappa shape index (κ1) is 13.4. The van der Waals surface area contributed by atoms with Crippen molar-refractivity contribution in [3.8, 4) is 6.07 Å². The summed E-state index contributed by atoms with van der Waals surface area (Å²) in [7, 11) is 0. The molecule has 0 amide bonds. The van der Waals surface area contributed by atoms with Crippen LogP contribution in [0.4, 0.5) is 11.4 Å². The van der Waals surface area contributed by atoms with Crippen LogP contribution in [0, 0.1) is 27.4 Å². The molecule has 7 heteroatoms. The molecular weight excluding hydrogens is 238 g/mol. The van der Waals surface area contributed by atoms with Gasteiger partial charge in [0.05, 0.1) is 22.5 Å². The molecule has 0 saturated carbocycles. The number of hydrogen-bond donors (Lipinski definition) is 2. The zero-order valence-corrected chi connectivity index (χ0v) is 9.58. The second kappa shape index (κ2) is 5.63. The maximum atomic E-state index is 10.8. The molecule has 0 aromatic heterocycles. The van der Waals surface area contributed by atoms with Crippen LogP contribution in [0.25, 0.3) is 0 Å². The summed E-state index contributed by atoms with van der Waals surface area (Å²) in [6, 6.07) is 5.78. The van der Waals surface area contributed by atoms with Crippen LogP contribution in [0.2, 0.25) is 0 Å². The summed E-state index contributed by atoms with van der Waals surface area (Å²) in [5.41, 5.74) is 0.136. The monoisotopic (exact) mass is 249 g/mol. The minimum Gasteiger partial charge on any atom is -0.481 e. The molecule has 1 atom stereocenters. The average molecular weight is 249 g/mol. The number of carboxylic acid groups (broad SMARTS) is 1. The first-order valence-corrected chi connectivity index (χ1v) is 5.11. The molecule has 0 bridgehead atoms. The Morgan fingerprint density at radius 2 is 2.33 bits per heavy atom. The molecule has 1 aromatic rings. The van der Waals surface area contributed by atoms with E-state index >= 15 is 0 Å². The fourth-order valence-corrected chi connectivity index (χ4v) is 1.25. The lowest BCUT2D eigenvalue weighted by Crippen LogP contribution is -2.20. The fourth-order valence-electron chi connectivity index (χ4n) is 1.25. The van der Waals surface area contributed by atoms with Crippen LogP contribution in [0.5, 0.6) is 0 Å². The van der Waals surface area contributed by atoms with Crippen LogP contribution in [0.3, 0.4) is 0 Å². The Balaban J connectivity index is 2.92. The highest BCUT2D eigenvalue weighted by atomic mass is 16.6. The maximum Gasteiger partial charge on any atom is 0.308 e. The van der Waals surface area contributed by atoms with Gasteiger partial charge in [0.25, 0.3) is 5.69 Å². The molecule has 18 heavy (non-hydrogen) atoms. The SMILES string of the molecule is CC(CNc1ccc(C#N)cc1[N+](=O)[O-])C(=O)O. The summed E-state index contributed by atoms with van der Waals surface area (Å²) < 4.78 is 0.